The molecule has 1 aliphatic heterocycles. The maximum Gasteiger partial charge on any atom is 0.133 e. The zero-order valence-corrected chi connectivity index (χ0v) is 16.6. The number of nitrogens with zero attached hydrogens (tertiary/aromatic N) is 4. The van der Waals surface area contributed by atoms with Gasteiger partial charge in [0.25, 0.3) is 0 Å². The Morgan fingerprint density at radius 2 is 1.84 bits per heavy atom. The van der Waals surface area contributed by atoms with Crippen molar-refractivity contribution in [1.29, 1.82) is 0 Å². The average molecular weight is 407 g/mol. The Morgan fingerprint density at radius 3 is 2.48 bits per heavy atom. The predicted molar refractivity (Wildman–Crippen MR) is 102 cm³/mol. The highest BCUT2D eigenvalue weighted by Crippen LogP contribution is 2.22. The fourth-order valence-electron chi connectivity index (χ4n) is 3.02. The fraction of sp³-hybridized carbons (Fsp3) is 0.474. The zero-order valence-electron chi connectivity index (χ0n) is 15.0. The second-order valence-electron chi connectivity index (χ2n) is 6.88. The van der Waals surface area contributed by atoms with Gasteiger partial charge in [0.15, 0.2) is 0 Å². The zero-order chi connectivity index (χ0) is 18.0. The number of aryl methyl sites for hydroxylation is 1. The predicted octanol–water partition coefficient (Wildman–Crippen LogP) is 4.13. The largest absolute Gasteiger partial charge is 0.354 e. The van der Waals surface area contributed by atoms with Crippen molar-refractivity contribution in [3.63, 3.8) is 0 Å². The maximum atomic E-state index is 13.2. The minimum absolute atomic E-state index is 0.208. The molecule has 134 valence electrons. The normalized spacial score (nSPS) is 15.8. The first kappa shape index (κ1) is 18.3. The molecule has 25 heavy (non-hydrogen) atoms. The molecule has 0 atom stereocenters. The highest BCUT2D eigenvalue weighted by Gasteiger charge is 2.20. The number of benzene rings is 1. The van der Waals surface area contributed by atoms with E-state index in [4.69, 9.17) is 4.98 Å². The van der Waals surface area contributed by atoms with Crippen LogP contribution in [0.3, 0.4) is 0 Å². The molecule has 0 amide bonds. The Labute approximate surface area is 157 Å². The Hall–Kier alpha value is -1.53. The summed E-state index contributed by atoms with van der Waals surface area (Å²) in [5.74, 6) is 2.06. The molecular formula is C19H24BrFN4. The molecule has 1 aromatic carbocycles. The molecule has 0 radical (unpaired) electrons. The van der Waals surface area contributed by atoms with Crippen LogP contribution in [-0.2, 0) is 6.54 Å². The first-order valence-electron chi connectivity index (χ1n) is 8.69. The van der Waals surface area contributed by atoms with Gasteiger partial charge in [0.05, 0.1) is 0 Å². The Balaban J connectivity index is 1.64. The summed E-state index contributed by atoms with van der Waals surface area (Å²) >= 11 is 3.46. The van der Waals surface area contributed by atoms with E-state index in [1.165, 1.54) is 12.1 Å². The van der Waals surface area contributed by atoms with Crippen molar-refractivity contribution in [3.05, 3.63) is 51.6 Å². The molecule has 0 unspecified atom stereocenters. The highest BCUT2D eigenvalue weighted by atomic mass is 79.9. The molecule has 3 rings (SSSR count). The van der Waals surface area contributed by atoms with Crippen molar-refractivity contribution in [2.75, 3.05) is 31.1 Å². The molecule has 1 aromatic heterocycles. The monoisotopic (exact) mass is 406 g/mol. The lowest BCUT2D eigenvalue weighted by Crippen LogP contribution is -2.46. The van der Waals surface area contributed by atoms with E-state index in [1.54, 1.807) is 0 Å². The van der Waals surface area contributed by atoms with Crippen LogP contribution in [0, 0.1) is 12.7 Å². The topological polar surface area (TPSA) is 32.3 Å². The van der Waals surface area contributed by atoms with Crippen LogP contribution in [0.5, 0.6) is 0 Å². The molecule has 0 aliphatic carbocycles. The Bertz CT molecular complexity index is 742. The Kier molecular flexibility index (Phi) is 5.69. The molecule has 0 bridgehead atoms. The van der Waals surface area contributed by atoms with Crippen molar-refractivity contribution in [1.82, 2.24) is 14.9 Å². The summed E-state index contributed by atoms with van der Waals surface area (Å²) in [5, 5.41) is 0. The van der Waals surface area contributed by atoms with Crippen molar-refractivity contribution in [2.24, 2.45) is 0 Å². The van der Waals surface area contributed by atoms with E-state index >= 15 is 0 Å². The van der Waals surface area contributed by atoms with Gasteiger partial charge in [-0.25, -0.2) is 14.4 Å². The quantitative estimate of drug-likeness (QED) is 0.763. The molecule has 2 heterocycles. The molecule has 0 N–H and O–H groups in total. The van der Waals surface area contributed by atoms with E-state index < -0.39 is 0 Å². The van der Waals surface area contributed by atoms with Gasteiger partial charge < -0.3 is 4.90 Å². The third kappa shape index (κ3) is 4.55. The van der Waals surface area contributed by atoms with Gasteiger partial charge in [-0.05, 0) is 24.6 Å². The molecule has 1 aliphatic rings. The highest BCUT2D eigenvalue weighted by molar-refractivity contribution is 9.10. The van der Waals surface area contributed by atoms with Gasteiger partial charge in [-0.1, -0.05) is 35.8 Å². The Morgan fingerprint density at radius 1 is 1.12 bits per heavy atom. The first-order chi connectivity index (χ1) is 11.9. The molecule has 4 nitrogen and oxygen atoms in total. The van der Waals surface area contributed by atoms with Gasteiger partial charge in [-0.3, -0.25) is 4.90 Å². The second-order valence-corrected chi connectivity index (χ2v) is 7.73. The number of hydrogen-bond donors (Lipinski definition) is 0. The van der Waals surface area contributed by atoms with Crippen LogP contribution in [0.15, 0.2) is 28.7 Å². The SMILES string of the molecule is Cc1cc(N2CCN(Cc3ccc(F)cc3Br)CC2)nc(C(C)C)n1. The van der Waals surface area contributed by atoms with Crippen LogP contribution < -0.4 is 4.90 Å². The maximum absolute atomic E-state index is 13.2. The summed E-state index contributed by atoms with van der Waals surface area (Å²) in [5.41, 5.74) is 2.14. The summed E-state index contributed by atoms with van der Waals surface area (Å²) in [4.78, 5) is 14.0. The van der Waals surface area contributed by atoms with Gasteiger partial charge in [-0.15, -0.1) is 0 Å². The summed E-state index contributed by atoms with van der Waals surface area (Å²) < 4.78 is 14.1. The van der Waals surface area contributed by atoms with E-state index in [0.29, 0.717) is 5.92 Å². The standard InChI is InChI=1S/C19H24BrFN4/c1-13(2)19-22-14(3)10-18(23-19)25-8-6-24(7-9-25)12-15-4-5-16(21)11-17(15)20/h4-5,10-11,13H,6-9,12H2,1-3H3. The molecule has 0 spiro atoms. The fourth-order valence-corrected chi connectivity index (χ4v) is 3.50. The van der Waals surface area contributed by atoms with Gasteiger partial charge in [0.1, 0.15) is 17.5 Å². The van der Waals surface area contributed by atoms with Crippen LogP contribution >= 0.6 is 15.9 Å². The third-order valence-electron chi connectivity index (χ3n) is 4.48. The van der Waals surface area contributed by atoms with Crippen LogP contribution in [0.4, 0.5) is 10.2 Å². The third-order valence-corrected chi connectivity index (χ3v) is 5.22. The van der Waals surface area contributed by atoms with E-state index in [2.05, 4.69) is 50.6 Å². The molecule has 2 aromatic rings. The number of hydrogen-bond acceptors (Lipinski definition) is 4. The lowest BCUT2D eigenvalue weighted by molar-refractivity contribution is 0.248. The van der Waals surface area contributed by atoms with Crippen LogP contribution in [0.25, 0.3) is 0 Å². The lowest BCUT2D eigenvalue weighted by atomic mass is 10.2. The summed E-state index contributed by atoms with van der Waals surface area (Å²) in [6.07, 6.45) is 0. The molecular weight excluding hydrogens is 383 g/mol. The lowest BCUT2D eigenvalue weighted by Gasteiger charge is -2.35. The van der Waals surface area contributed by atoms with Crippen LogP contribution in [-0.4, -0.2) is 41.0 Å². The summed E-state index contributed by atoms with van der Waals surface area (Å²) in [6.45, 7) is 10.9. The summed E-state index contributed by atoms with van der Waals surface area (Å²) in [6, 6.07) is 6.97. The van der Waals surface area contributed by atoms with Crippen molar-refractivity contribution in [2.45, 2.75) is 33.2 Å². The van der Waals surface area contributed by atoms with Gasteiger partial charge >= 0.3 is 0 Å². The smallest absolute Gasteiger partial charge is 0.133 e. The number of aromatic nitrogens is 2. The van der Waals surface area contributed by atoms with E-state index in [1.807, 2.05) is 13.0 Å². The van der Waals surface area contributed by atoms with Crippen molar-refractivity contribution < 1.29 is 4.39 Å². The molecule has 1 saturated heterocycles. The van der Waals surface area contributed by atoms with E-state index in [-0.39, 0.29) is 5.82 Å². The van der Waals surface area contributed by atoms with Crippen molar-refractivity contribution >= 4 is 21.7 Å². The van der Waals surface area contributed by atoms with Crippen molar-refractivity contribution in [3.8, 4) is 0 Å². The van der Waals surface area contributed by atoms with Crippen LogP contribution in [0.1, 0.15) is 36.8 Å². The molecule has 1 fully saturated rings. The first-order valence-corrected chi connectivity index (χ1v) is 9.48. The summed E-state index contributed by atoms with van der Waals surface area (Å²) in [7, 11) is 0. The molecule has 0 saturated carbocycles. The van der Waals surface area contributed by atoms with Crippen LogP contribution in [0.2, 0.25) is 0 Å². The number of rotatable bonds is 4. The average Bonchev–Trinajstić information content (AvgIpc) is 2.57. The number of halogens is 2. The van der Waals surface area contributed by atoms with E-state index in [0.717, 1.165) is 60.1 Å². The minimum atomic E-state index is -0.208. The number of piperazine rings is 1. The second kappa shape index (κ2) is 7.79. The van der Waals surface area contributed by atoms with E-state index in [9.17, 15) is 4.39 Å². The molecule has 6 heteroatoms. The number of anilines is 1. The minimum Gasteiger partial charge on any atom is -0.354 e. The van der Waals surface area contributed by atoms with Gasteiger partial charge in [0.2, 0.25) is 0 Å². The van der Waals surface area contributed by atoms with Gasteiger partial charge in [-0.2, -0.15) is 0 Å². The van der Waals surface area contributed by atoms with Gasteiger partial charge in [0, 0.05) is 54.9 Å².